The zero-order valence-corrected chi connectivity index (χ0v) is 24.0. The van der Waals surface area contributed by atoms with E-state index in [4.69, 9.17) is 31.4 Å². The smallest absolute Gasteiger partial charge is 0.310 e. The number of halogens is 1. The first-order valence-electron chi connectivity index (χ1n) is 12.0. The Bertz CT molecular complexity index is 1630. The third-order valence-electron chi connectivity index (χ3n) is 5.65. The second kappa shape index (κ2) is 10.8. The minimum atomic E-state index is -0.500. The van der Waals surface area contributed by atoms with Crippen LogP contribution >= 0.6 is 22.9 Å². The summed E-state index contributed by atoms with van der Waals surface area (Å²) in [4.78, 5) is 26.4. The topological polar surface area (TPSA) is 103 Å². The van der Waals surface area contributed by atoms with Crippen LogP contribution in [0.25, 0.3) is 43.2 Å². The second-order valence-electron chi connectivity index (χ2n) is 9.98. The molecular formula is C28H30ClN5O3S. The van der Waals surface area contributed by atoms with E-state index >= 15 is 0 Å². The third-order valence-corrected chi connectivity index (χ3v) is 6.98. The number of hydrogen-bond acceptors (Lipinski definition) is 8. The van der Waals surface area contributed by atoms with Crippen LogP contribution in [-0.2, 0) is 23.0 Å². The van der Waals surface area contributed by atoms with Crippen LogP contribution in [0.2, 0.25) is 5.02 Å². The summed E-state index contributed by atoms with van der Waals surface area (Å²) < 4.78 is 7.69. The van der Waals surface area contributed by atoms with Gasteiger partial charge in [-0.2, -0.15) is 5.10 Å². The largest absolute Gasteiger partial charge is 0.469 e. The maximum Gasteiger partial charge on any atom is 0.310 e. The van der Waals surface area contributed by atoms with Crippen molar-refractivity contribution >= 4 is 50.2 Å². The van der Waals surface area contributed by atoms with Crippen molar-refractivity contribution in [3.63, 3.8) is 0 Å². The summed E-state index contributed by atoms with van der Waals surface area (Å²) in [6.07, 6.45) is 1.94. The number of aliphatic hydroxyl groups is 1. The van der Waals surface area contributed by atoms with Gasteiger partial charge in [0.25, 0.3) is 0 Å². The van der Waals surface area contributed by atoms with Crippen molar-refractivity contribution in [1.29, 1.82) is 0 Å². The van der Waals surface area contributed by atoms with E-state index in [1.54, 1.807) is 31.6 Å². The number of thiazole rings is 1. The molecule has 38 heavy (non-hydrogen) atoms. The van der Waals surface area contributed by atoms with Crippen LogP contribution in [0.15, 0.2) is 36.5 Å². The van der Waals surface area contributed by atoms with Crippen molar-refractivity contribution in [2.45, 2.75) is 46.6 Å². The lowest BCUT2D eigenvalue weighted by molar-refractivity contribution is -0.139. The Hall–Kier alpha value is -3.40. The summed E-state index contributed by atoms with van der Waals surface area (Å²) in [5, 5.41) is 14.3. The lowest BCUT2D eigenvalue weighted by Crippen LogP contribution is -2.10. The molecule has 0 saturated carbocycles. The Labute approximate surface area is 230 Å². The number of aromatic nitrogens is 5. The highest BCUT2D eigenvalue weighted by Gasteiger charge is 2.21. The van der Waals surface area contributed by atoms with Gasteiger partial charge in [0.2, 0.25) is 0 Å². The summed E-state index contributed by atoms with van der Waals surface area (Å²) in [5.41, 5.74) is 6.64. The monoisotopic (exact) mass is 551 g/mol. The highest BCUT2D eigenvalue weighted by atomic mass is 35.5. The molecule has 0 atom stereocenters. The molecule has 3 heterocycles. The van der Waals surface area contributed by atoms with E-state index in [1.807, 2.05) is 51.2 Å². The molecule has 0 fully saturated rings. The number of benzene rings is 2. The molecule has 0 aliphatic heterocycles. The zero-order valence-electron chi connectivity index (χ0n) is 22.5. The van der Waals surface area contributed by atoms with Crippen molar-refractivity contribution in [3.05, 3.63) is 58.4 Å². The molecule has 2 aromatic carbocycles. The number of carbonyl (C=O) groups is 1. The molecule has 10 heteroatoms. The Morgan fingerprint density at radius 1 is 1.16 bits per heavy atom. The molecule has 0 unspecified atom stereocenters. The predicted octanol–water partition coefficient (Wildman–Crippen LogP) is 6.07. The number of nitrogens with zero attached hydrogens (tertiary/aromatic N) is 5. The summed E-state index contributed by atoms with van der Waals surface area (Å²) in [6, 6.07) is 9.60. The highest BCUT2D eigenvalue weighted by molar-refractivity contribution is 7.22. The normalized spacial score (nSPS) is 11.5. The van der Waals surface area contributed by atoms with Crippen LogP contribution in [0.3, 0.4) is 0 Å². The highest BCUT2D eigenvalue weighted by Crippen LogP contribution is 2.40. The van der Waals surface area contributed by atoms with E-state index in [0.717, 1.165) is 49.2 Å². The molecule has 1 N–H and O–H groups in total. The van der Waals surface area contributed by atoms with Crippen LogP contribution in [-0.4, -0.2) is 48.5 Å². The molecule has 198 valence electrons. The second-order valence-corrected chi connectivity index (χ2v) is 11.4. The lowest BCUT2D eigenvalue weighted by Gasteiger charge is -2.13. The van der Waals surface area contributed by atoms with Crippen LogP contribution in [0.5, 0.6) is 0 Å². The predicted molar refractivity (Wildman–Crippen MR) is 153 cm³/mol. The first-order chi connectivity index (χ1) is 17.9. The summed E-state index contributed by atoms with van der Waals surface area (Å²) in [5.74, 6) is 0.257. The van der Waals surface area contributed by atoms with E-state index in [2.05, 4.69) is 10.1 Å². The van der Waals surface area contributed by atoms with Gasteiger partial charge in [0.1, 0.15) is 11.0 Å². The van der Waals surface area contributed by atoms with E-state index < -0.39 is 5.60 Å². The first kappa shape index (κ1) is 27.6. The SMILES string of the molecule is CC(C)(C)O.COC(=O)Cc1c(C)cc2nc(-c3ncc4c(n3)c(C)nn4C)sc2c1-c1ccc(Cl)cc1. The number of fused-ring (bicyclic) bond motifs is 2. The number of hydrogen-bond donors (Lipinski definition) is 1. The van der Waals surface area contributed by atoms with E-state index in [-0.39, 0.29) is 12.4 Å². The van der Waals surface area contributed by atoms with E-state index in [0.29, 0.717) is 15.9 Å². The summed E-state index contributed by atoms with van der Waals surface area (Å²) >= 11 is 7.64. The summed E-state index contributed by atoms with van der Waals surface area (Å²) in [6.45, 7) is 9.14. The Morgan fingerprint density at radius 3 is 2.45 bits per heavy atom. The van der Waals surface area contributed by atoms with Gasteiger partial charge < -0.3 is 9.84 Å². The molecule has 8 nitrogen and oxygen atoms in total. The van der Waals surface area contributed by atoms with Crippen molar-refractivity contribution in [2.75, 3.05) is 7.11 Å². The number of carbonyl (C=O) groups excluding carboxylic acids is 1. The molecule has 0 bridgehead atoms. The molecular weight excluding hydrogens is 522 g/mol. The molecule has 0 aliphatic carbocycles. The maximum absolute atomic E-state index is 12.2. The van der Waals surface area contributed by atoms with Crippen LogP contribution in [0.1, 0.15) is 37.6 Å². The number of ether oxygens (including phenoxy) is 1. The van der Waals surface area contributed by atoms with Crippen LogP contribution < -0.4 is 0 Å². The quantitative estimate of drug-likeness (QED) is 0.270. The average Bonchev–Trinajstić information content (AvgIpc) is 3.39. The van der Waals surface area contributed by atoms with Gasteiger partial charge in [0.05, 0.1) is 41.2 Å². The lowest BCUT2D eigenvalue weighted by atomic mass is 9.93. The Kier molecular flexibility index (Phi) is 7.83. The van der Waals surface area contributed by atoms with Gasteiger partial charge >= 0.3 is 5.97 Å². The van der Waals surface area contributed by atoms with Gasteiger partial charge in [-0.3, -0.25) is 9.48 Å². The van der Waals surface area contributed by atoms with E-state index in [9.17, 15) is 4.79 Å². The maximum atomic E-state index is 12.2. The fraction of sp³-hybridized carbons (Fsp3) is 0.321. The first-order valence-corrected chi connectivity index (χ1v) is 13.2. The Balaban J connectivity index is 0.000000617. The average molecular weight is 552 g/mol. The van der Waals surface area contributed by atoms with Crippen molar-refractivity contribution in [1.82, 2.24) is 24.7 Å². The fourth-order valence-corrected chi connectivity index (χ4v) is 5.21. The van der Waals surface area contributed by atoms with Crippen molar-refractivity contribution in [2.24, 2.45) is 7.05 Å². The standard InChI is InChI=1S/C24H20ClN5O2S.C4H10O/c1-12-9-17-22(20(16(12)10-19(31)32-4)14-5-7-15(25)8-6-14)33-24(27-17)23-26-11-18-21(28-23)13(2)29-30(18)3;1-4(2,3)5/h5-9,11H,10H2,1-4H3;5H,1-3H3. The molecule has 0 saturated heterocycles. The van der Waals surface area contributed by atoms with Gasteiger partial charge in [-0.05, 0) is 69.5 Å². The minimum absolute atomic E-state index is 0.167. The molecule has 0 amide bonds. The molecule has 0 aliphatic rings. The Morgan fingerprint density at radius 2 is 1.82 bits per heavy atom. The molecule has 0 radical (unpaired) electrons. The van der Waals surface area contributed by atoms with Crippen molar-refractivity contribution in [3.8, 4) is 22.0 Å². The van der Waals surface area contributed by atoms with Crippen LogP contribution in [0, 0.1) is 13.8 Å². The van der Waals surface area contributed by atoms with Gasteiger partial charge in [-0.15, -0.1) is 11.3 Å². The zero-order chi connectivity index (χ0) is 27.8. The molecule has 3 aromatic heterocycles. The number of methoxy groups -OCH3 is 1. The number of aryl methyl sites for hydroxylation is 3. The van der Waals surface area contributed by atoms with Gasteiger partial charge in [0, 0.05) is 17.6 Å². The van der Waals surface area contributed by atoms with Gasteiger partial charge in [-0.25, -0.2) is 15.0 Å². The molecule has 0 spiro atoms. The van der Waals surface area contributed by atoms with Gasteiger partial charge in [-0.1, -0.05) is 23.7 Å². The number of esters is 1. The van der Waals surface area contributed by atoms with Crippen molar-refractivity contribution < 1.29 is 14.6 Å². The van der Waals surface area contributed by atoms with Gasteiger partial charge in [0.15, 0.2) is 10.8 Å². The molecule has 5 rings (SSSR count). The molecule has 5 aromatic rings. The minimum Gasteiger partial charge on any atom is -0.469 e. The van der Waals surface area contributed by atoms with E-state index in [1.165, 1.54) is 18.4 Å². The fourth-order valence-electron chi connectivity index (χ4n) is 4.00. The third kappa shape index (κ3) is 6.01. The number of rotatable bonds is 4. The van der Waals surface area contributed by atoms with Crippen LogP contribution in [0.4, 0.5) is 0 Å². The summed E-state index contributed by atoms with van der Waals surface area (Å²) in [7, 11) is 3.27.